The van der Waals surface area contributed by atoms with Gasteiger partial charge in [0.1, 0.15) is 11.6 Å². The molecule has 1 N–H and O–H groups in total. The standard InChI is InChI=1S/C14H16FNO5S/c1-9(17)12-6-10(15)2-3-13(12)21-7-14(18)16-11-4-5-22(19,20)8-11/h2-3,6,11H,4-5,7-8H2,1H3,(H,16,18)/t11-/m1/s1. The Labute approximate surface area is 127 Å². The molecule has 2 rings (SSSR count). The van der Waals surface area contributed by atoms with E-state index >= 15 is 0 Å². The summed E-state index contributed by atoms with van der Waals surface area (Å²) < 4.78 is 40.9. The smallest absolute Gasteiger partial charge is 0.258 e. The van der Waals surface area contributed by atoms with Crippen molar-refractivity contribution >= 4 is 21.5 Å². The zero-order valence-electron chi connectivity index (χ0n) is 12.0. The Morgan fingerprint density at radius 1 is 1.41 bits per heavy atom. The number of sulfone groups is 1. The van der Waals surface area contributed by atoms with E-state index in [1.54, 1.807) is 0 Å². The Balaban J connectivity index is 1.93. The van der Waals surface area contributed by atoms with E-state index < -0.39 is 27.6 Å². The number of ether oxygens (including phenoxy) is 1. The lowest BCUT2D eigenvalue weighted by molar-refractivity contribution is -0.123. The number of nitrogens with one attached hydrogen (secondary N) is 1. The van der Waals surface area contributed by atoms with Gasteiger partial charge >= 0.3 is 0 Å². The maximum absolute atomic E-state index is 13.1. The highest BCUT2D eigenvalue weighted by atomic mass is 32.2. The van der Waals surface area contributed by atoms with E-state index in [4.69, 9.17) is 4.74 Å². The molecule has 8 heteroatoms. The number of Topliss-reactive ketones (excluding diaryl/α,β-unsaturated/α-hetero) is 1. The molecule has 1 aliphatic heterocycles. The molecule has 1 amide bonds. The predicted molar refractivity (Wildman–Crippen MR) is 77.1 cm³/mol. The van der Waals surface area contributed by atoms with Gasteiger partial charge in [-0.1, -0.05) is 0 Å². The number of halogens is 1. The molecule has 1 atom stereocenters. The van der Waals surface area contributed by atoms with Crippen LogP contribution in [0.5, 0.6) is 5.75 Å². The van der Waals surface area contributed by atoms with Crippen LogP contribution in [-0.4, -0.2) is 44.3 Å². The molecule has 0 unspecified atom stereocenters. The summed E-state index contributed by atoms with van der Waals surface area (Å²) in [6.07, 6.45) is 0.378. The fourth-order valence-corrected chi connectivity index (χ4v) is 3.90. The molecule has 6 nitrogen and oxygen atoms in total. The number of carbonyl (C=O) groups excluding carboxylic acids is 2. The molecule has 1 aromatic rings. The summed E-state index contributed by atoms with van der Waals surface area (Å²) in [5.74, 6) is -1.34. The van der Waals surface area contributed by atoms with Crippen LogP contribution in [0.4, 0.5) is 4.39 Å². The zero-order valence-corrected chi connectivity index (χ0v) is 12.8. The van der Waals surface area contributed by atoms with Gasteiger partial charge in [0, 0.05) is 6.04 Å². The monoisotopic (exact) mass is 329 g/mol. The van der Waals surface area contributed by atoms with Crippen LogP contribution >= 0.6 is 0 Å². The van der Waals surface area contributed by atoms with E-state index in [2.05, 4.69) is 5.32 Å². The average Bonchev–Trinajstić information content (AvgIpc) is 2.76. The van der Waals surface area contributed by atoms with Crippen LogP contribution in [0, 0.1) is 5.82 Å². The minimum Gasteiger partial charge on any atom is -0.483 e. The van der Waals surface area contributed by atoms with Crippen LogP contribution in [0.3, 0.4) is 0 Å². The van der Waals surface area contributed by atoms with Gasteiger partial charge in [-0.2, -0.15) is 0 Å². The molecule has 1 aliphatic rings. The SMILES string of the molecule is CC(=O)c1cc(F)ccc1OCC(=O)N[C@@H]1CCS(=O)(=O)C1. The van der Waals surface area contributed by atoms with Crippen molar-refractivity contribution in [3.05, 3.63) is 29.6 Å². The van der Waals surface area contributed by atoms with Crippen molar-refractivity contribution in [3.63, 3.8) is 0 Å². The van der Waals surface area contributed by atoms with Gasteiger partial charge in [0.15, 0.2) is 22.2 Å². The number of rotatable bonds is 5. The quantitative estimate of drug-likeness (QED) is 0.804. The lowest BCUT2D eigenvalue weighted by Gasteiger charge is -2.13. The number of amides is 1. The number of ketones is 1. The second kappa shape index (κ2) is 6.43. The number of hydrogen-bond donors (Lipinski definition) is 1. The van der Waals surface area contributed by atoms with Gasteiger partial charge in [0.05, 0.1) is 17.1 Å². The fourth-order valence-electron chi connectivity index (χ4n) is 2.22. The van der Waals surface area contributed by atoms with Crippen LogP contribution in [-0.2, 0) is 14.6 Å². The van der Waals surface area contributed by atoms with Gasteiger partial charge in [-0.15, -0.1) is 0 Å². The van der Waals surface area contributed by atoms with Crippen LogP contribution in [0.25, 0.3) is 0 Å². The van der Waals surface area contributed by atoms with E-state index in [1.807, 2.05) is 0 Å². The van der Waals surface area contributed by atoms with Gasteiger partial charge in [0.2, 0.25) is 0 Å². The molecule has 0 radical (unpaired) electrons. The normalized spacial score (nSPS) is 19.6. The van der Waals surface area contributed by atoms with E-state index in [0.717, 1.165) is 12.1 Å². The molecule has 1 fully saturated rings. The highest BCUT2D eigenvalue weighted by molar-refractivity contribution is 7.91. The summed E-state index contributed by atoms with van der Waals surface area (Å²) in [6, 6.07) is 3.03. The molecule has 1 heterocycles. The first-order valence-corrected chi connectivity index (χ1v) is 8.52. The third-order valence-corrected chi connectivity index (χ3v) is 5.05. The summed E-state index contributed by atoms with van der Waals surface area (Å²) in [4.78, 5) is 23.1. The molecule has 0 aromatic heterocycles. The Hall–Kier alpha value is -1.96. The minimum absolute atomic E-state index is 0.0521. The zero-order chi connectivity index (χ0) is 16.3. The lowest BCUT2D eigenvalue weighted by atomic mass is 10.1. The fraction of sp³-hybridized carbons (Fsp3) is 0.429. The van der Waals surface area contributed by atoms with Crippen molar-refractivity contribution in [1.82, 2.24) is 5.32 Å². The summed E-state index contributed by atoms with van der Waals surface area (Å²) in [5.41, 5.74) is 0.0521. The first-order chi connectivity index (χ1) is 10.3. The first-order valence-electron chi connectivity index (χ1n) is 6.70. The second-order valence-electron chi connectivity index (χ2n) is 5.15. The third kappa shape index (κ3) is 4.27. The summed E-state index contributed by atoms with van der Waals surface area (Å²) in [6.45, 7) is 0.896. The van der Waals surface area contributed by atoms with Crippen molar-refractivity contribution < 1.29 is 27.1 Å². The Kier molecular flexibility index (Phi) is 4.80. The molecule has 0 aliphatic carbocycles. The van der Waals surface area contributed by atoms with E-state index in [-0.39, 0.29) is 35.2 Å². The minimum atomic E-state index is -3.07. The van der Waals surface area contributed by atoms with Crippen molar-refractivity contribution in [2.75, 3.05) is 18.1 Å². The number of carbonyl (C=O) groups is 2. The molecule has 22 heavy (non-hydrogen) atoms. The predicted octanol–water partition coefficient (Wildman–Crippen LogP) is 0.710. The van der Waals surface area contributed by atoms with E-state index in [0.29, 0.717) is 6.42 Å². The molecular formula is C14H16FNO5S. The Bertz CT molecular complexity index is 701. The molecular weight excluding hydrogens is 313 g/mol. The van der Waals surface area contributed by atoms with Gasteiger partial charge in [-0.3, -0.25) is 9.59 Å². The van der Waals surface area contributed by atoms with Crippen molar-refractivity contribution in [1.29, 1.82) is 0 Å². The molecule has 0 saturated carbocycles. The highest BCUT2D eigenvalue weighted by Gasteiger charge is 2.28. The molecule has 1 saturated heterocycles. The molecule has 1 aromatic carbocycles. The second-order valence-corrected chi connectivity index (χ2v) is 7.38. The van der Waals surface area contributed by atoms with Crippen LogP contribution < -0.4 is 10.1 Å². The van der Waals surface area contributed by atoms with Crippen molar-refractivity contribution in [2.24, 2.45) is 0 Å². The Morgan fingerprint density at radius 3 is 2.73 bits per heavy atom. The summed E-state index contributed by atoms with van der Waals surface area (Å²) in [7, 11) is -3.07. The molecule has 120 valence electrons. The van der Waals surface area contributed by atoms with Crippen molar-refractivity contribution in [3.8, 4) is 5.75 Å². The highest BCUT2D eigenvalue weighted by Crippen LogP contribution is 2.20. The van der Waals surface area contributed by atoms with Crippen LogP contribution in [0.15, 0.2) is 18.2 Å². The van der Waals surface area contributed by atoms with Gasteiger partial charge in [-0.25, -0.2) is 12.8 Å². The number of hydrogen-bond acceptors (Lipinski definition) is 5. The maximum Gasteiger partial charge on any atom is 0.258 e. The summed E-state index contributed by atoms with van der Waals surface area (Å²) in [5, 5.41) is 2.56. The lowest BCUT2D eigenvalue weighted by Crippen LogP contribution is -2.38. The molecule has 0 spiro atoms. The third-order valence-electron chi connectivity index (χ3n) is 3.28. The number of benzene rings is 1. The summed E-state index contributed by atoms with van der Waals surface area (Å²) >= 11 is 0. The van der Waals surface area contributed by atoms with E-state index in [9.17, 15) is 22.4 Å². The van der Waals surface area contributed by atoms with Gasteiger partial charge in [0.25, 0.3) is 5.91 Å². The van der Waals surface area contributed by atoms with Gasteiger partial charge < -0.3 is 10.1 Å². The van der Waals surface area contributed by atoms with Crippen molar-refractivity contribution in [2.45, 2.75) is 19.4 Å². The molecule has 0 bridgehead atoms. The largest absolute Gasteiger partial charge is 0.483 e. The van der Waals surface area contributed by atoms with E-state index in [1.165, 1.54) is 13.0 Å². The van der Waals surface area contributed by atoms with Gasteiger partial charge in [-0.05, 0) is 31.5 Å². The maximum atomic E-state index is 13.1. The van der Waals surface area contributed by atoms with Crippen LogP contribution in [0.2, 0.25) is 0 Å². The average molecular weight is 329 g/mol. The van der Waals surface area contributed by atoms with Crippen LogP contribution in [0.1, 0.15) is 23.7 Å². The first kappa shape index (κ1) is 16.4. The topological polar surface area (TPSA) is 89.5 Å². The Morgan fingerprint density at radius 2 is 2.14 bits per heavy atom.